The molecule has 4 atom stereocenters. The highest BCUT2D eigenvalue weighted by atomic mass is 16.3. The first-order valence-electron chi connectivity index (χ1n) is 3.59. The van der Waals surface area contributed by atoms with E-state index >= 15 is 0 Å². The average molecular weight is 142 g/mol. The number of hydrogen-bond acceptors (Lipinski definition) is 3. The molecule has 0 spiro atoms. The number of ketones is 1. The molecule has 0 aromatic rings. The fourth-order valence-electron chi connectivity index (χ4n) is 2.06. The first kappa shape index (κ1) is 6.31. The van der Waals surface area contributed by atoms with E-state index < -0.39 is 12.2 Å². The quantitative estimate of drug-likeness (QED) is 0.471. The van der Waals surface area contributed by atoms with E-state index in [1.807, 2.05) is 0 Å². The van der Waals surface area contributed by atoms with E-state index in [1.165, 1.54) is 0 Å². The normalized spacial score (nSPS) is 52.4. The van der Waals surface area contributed by atoms with E-state index in [2.05, 4.69) is 0 Å². The van der Waals surface area contributed by atoms with E-state index in [1.54, 1.807) is 0 Å². The van der Waals surface area contributed by atoms with E-state index in [4.69, 9.17) is 0 Å². The Hall–Kier alpha value is -0.410. The van der Waals surface area contributed by atoms with Crippen molar-refractivity contribution in [1.82, 2.24) is 0 Å². The molecule has 2 rings (SSSR count). The van der Waals surface area contributed by atoms with Gasteiger partial charge in [0, 0.05) is 12.3 Å². The zero-order chi connectivity index (χ0) is 7.30. The largest absolute Gasteiger partial charge is 0.390 e. The van der Waals surface area contributed by atoms with Gasteiger partial charge in [-0.3, -0.25) is 4.79 Å². The van der Waals surface area contributed by atoms with Crippen molar-refractivity contribution >= 4 is 5.78 Å². The molecule has 0 amide bonds. The van der Waals surface area contributed by atoms with Crippen LogP contribution in [0.25, 0.3) is 0 Å². The highest BCUT2D eigenvalue weighted by Gasteiger charge is 2.51. The minimum absolute atomic E-state index is 0.0486. The Kier molecular flexibility index (Phi) is 1.13. The van der Waals surface area contributed by atoms with Gasteiger partial charge in [-0.15, -0.1) is 0 Å². The van der Waals surface area contributed by atoms with Crippen molar-refractivity contribution in [3.8, 4) is 0 Å². The fourth-order valence-corrected chi connectivity index (χ4v) is 2.06. The molecule has 0 unspecified atom stereocenters. The molecular formula is C7H10O3. The van der Waals surface area contributed by atoms with Gasteiger partial charge in [0.15, 0.2) is 0 Å². The fraction of sp³-hybridized carbons (Fsp3) is 0.857. The summed E-state index contributed by atoms with van der Waals surface area (Å²) in [5.41, 5.74) is 0. The Bertz CT molecular complexity index is 176. The number of Topliss-reactive ketones (excluding diaryl/α,β-unsaturated/α-hetero) is 1. The van der Waals surface area contributed by atoms with E-state index in [9.17, 15) is 15.0 Å². The first-order valence-corrected chi connectivity index (χ1v) is 3.59. The molecule has 0 saturated heterocycles. The van der Waals surface area contributed by atoms with Crippen LogP contribution in [0.5, 0.6) is 0 Å². The summed E-state index contributed by atoms with van der Waals surface area (Å²) in [6.07, 6.45) is -0.238. The third-order valence-electron chi connectivity index (χ3n) is 2.68. The lowest BCUT2D eigenvalue weighted by Gasteiger charge is -2.20. The molecule has 2 aliphatic carbocycles. The zero-order valence-corrected chi connectivity index (χ0v) is 5.53. The summed E-state index contributed by atoms with van der Waals surface area (Å²) >= 11 is 0. The van der Waals surface area contributed by atoms with Gasteiger partial charge in [0.05, 0.1) is 12.2 Å². The van der Waals surface area contributed by atoms with E-state index in [-0.39, 0.29) is 17.6 Å². The maximum atomic E-state index is 10.9. The van der Waals surface area contributed by atoms with Gasteiger partial charge in [-0.25, -0.2) is 0 Å². The van der Waals surface area contributed by atoms with Gasteiger partial charge in [-0.2, -0.15) is 0 Å². The van der Waals surface area contributed by atoms with E-state index in [0.717, 1.165) is 0 Å². The minimum atomic E-state index is -0.772. The molecule has 0 radical (unpaired) electrons. The third-order valence-corrected chi connectivity index (χ3v) is 2.68. The number of carbonyl (C=O) groups is 1. The predicted octanol–water partition coefficient (Wildman–Crippen LogP) is -0.683. The van der Waals surface area contributed by atoms with Crippen LogP contribution in [-0.4, -0.2) is 28.2 Å². The van der Waals surface area contributed by atoms with Crippen LogP contribution in [0.3, 0.4) is 0 Å². The lowest BCUT2D eigenvalue weighted by Crippen LogP contribution is -2.36. The second kappa shape index (κ2) is 1.80. The minimum Gasteiger partial charge on any atom is -0.390 e. The number of carbonyl (C=O) groups excluding carboxylic acids is 1. The zero-order valence-electron chi connectivity index (χ0n) is 5.53. The van der Waals surface area contributed by atoms with Gasteiger partial charge in [-0.05, 0) is 12.3 Å². The molecule has 0 aliphatic heterocycles. The summed E-state index contributed by atoms with van der Waals surface area (Å²) in [4.78, 5) is 10.9. The first-order chi connectivity index (χ1) is 4.70. The lowest BCUT2D eigenvalue weighted by atomic mass is 9.94. The maximum Gasteiger partial charge on any atom is 0.139 e. The summed E-state index contributed by atoms with van der Waals surface area (Å²) in [7, 11) is 0. The molecule has 0 heterocycles. The highest BCUT2D eigenvalue weighted by Crippen LogP contribution is 2.42. The second-order valence-electron chi connectivity index (χ2n) is 3.25. The standard InChI is InChI=1S/C7H10O3/c8-5-2-3-1-4(5)7(10)6(3)9/h3-4,6-7,9-10H,1-2H2/t3-,4+,6+,7+/m0/s1. The van der Waals surface area contributed by atoms with Crippen molar-refractivity contribution in [2.75, 3.05) is 0 Å². The number of aliphatic hydroxyl groups is 2. The van der Waals surface area contributed by atoms with Gasteiger partial charge >= 0.3 is 0 Å². The lowest BCUT2D eigenvalue weighted by molar-refractivity contribution is -0.129. The molecule has 10 heavy (non-hydrogen) atoms. The maximum absolute atomic E-state index is 10.9. The predicted molar refractivity (Wildman–Crippen MR) is 33.2 cm³/mol. The number of fused-ring (bicyclic) bond motifs is 2. The third kappa shape index (κ3) is 0.592. The van der Waals surface area contributed by atoms with Gasteiger partial charge in [0.2, 0.25) is 0 Å². The van der Waals surface area contributed by atoms with Gasteiger partial charge in [-0.1, -0.05) is 0 Å². The Labute approximate surface area is 58.7 Å². The van der Waals surface area contributed by atoms with Crippen molar-refractivity contribution in [1.29, 1.82) is 0 Å². The monoisotopic (exact) mass is 142 g/mol. The number of aliphatic hydroxyl groups excluding tert-OH is 2. The summed E-state index contributed by atoms with van der Waals surface area (Å²) in [5, 5.41) is 18.4. The molecule has 3 heteroatoms. The van der Waals surface area contributed by atoms with Gasteiger partial charge in [0.1, 0.15) is 5.78 Å². The smallest absolute Gasteiger partial charge is 0.139 e. The van der Waals surface area contributed by atoms with Crippen LogP contribution in [0.15, 0.2) is 0 Å². The van der Waals surface area contributed by atoms with Crippen LogP contribution in [0.4, 0.5) is 0 Å². The molecule has 0 aromatic carbocycles. The van der Waals surface area contributed by atoms with Crippen LogP contribution in [0, 0.1) is 11.8 Å². The van der Waals surface area contributed by atoms with Crippen LogP contribution < -0.4 is 0 Å². The molecule has 2 aliphatic rings. The summed E-state index contributed by atoms with van der Waals surface area (Å²) in [6.45, 7) is 0. The number of rotatable bonds is 0. The average Bonchev–Trinajstić information content (AvgIpc) is 2.36. The van der Waals surface area contributed by atoms with Crippen LogP contribution >= 0.6 is 0 Å². The van der Waals surface area contributed by atoms with Crippen molar-refractivity contribution in [2.24, 2.45) is 11.8 Å². The van der Waals surface area contributed by atoms with Crippen LogP contribution in [0.1, 0.15) is 12.8 Å². The van der Waals surface area contributed by atoms with Crippen molar-refractivity contribution in [3.05, 3.63) is 0 Å². The van der Waals surface area contributed by atoms with Crippen LogP contribution in [0.2, 0.25) is 0 Å². The highest BCUT2D eigenvalue weighted by molar-refractivity contribution is 5.85. The summed E-state index contributed by atoms with van der Waals surface area (Å²) in [5.74, 6) is -0.0738. The molecule has 2 bridgehead atoms. The summed E-state index contributed by atoms with van der Waals surface area (Å²) < 4.78 is 0. The van der Waals surface area contributed by atoms with Crippen LogP contribution in [-0.2, 0) is 4.79 Å². The SMILES string of the molecule is O=C1C[C@@H]2C[C@H]1[C@@H](O)[C@@H]2O. The topological polar surface area (TPSA) is 57.5 Å². The molecular weight excluding hydrogens is 132 g/mol. The molecule has 0 aromatic heterocycles. The Balaban J connectivity index is 2.24. The van der Waals surface area contributed by atoms with Crippen molar-refractivity contribution in [2.45, 2.75) is 25.0 Å². The van der Waals surface area contributed by atoms with Crippen molar-refractivity contribution < 1.29 is 15.0 Å². The number of hydrogen-bond donors (Lipinski definition) is 2. The summed E-state index contributed by atoms with van der Waals surface area (Å²) in [6, 6.07) is 0. The van der Waals surface area contributed by atoms with Gasteiger partial charge < -0.3 is 10.2 Å². The molecule has 56 valence electrons. The molecule has 2 N–H and O–H groups in total. The molecule has 2 saturated carbocycles. The second-order valence-corrected chi connectivity index (χ2v) is 3.25. The molecule has 3 nitrogen and oxygen atoms in total. The van der Waals surface area contributed by atoms with E-state index in [0.29, 0.717) is 12.8 Å². The van der Waals surface area contributed by atoms with Crippen molar-refractivity contribution in [3.63, 3.8) is 0 Å². The Morgan fingerprint density at radius 2 is 2.00 bits per heavy atom. The Morgan fingerprint density at radius 3 is 2.40 bits per heavy atom. The van der Waals surface area contributed by atoms with Gasteiger partial charge in [0.25, 0.3) is 0 Å². The Morgan fingerprint density at radius 1 is 1.30 bits per heavy atom. The molecule has 2 fully saturated rings.